The maximum Gasteiger partial charge on any atom is 0.332 e. The van der Waals surface area contributed by atoms with Crippen LogP contribution in [0, 0.1) is 0 Å². The van der Waals surface area contributed by atoms with E-state index in [9.17, 15) is 18.4 Å². The van der Waals surface area contributed by atoms with Gasteiger partial charge < -0.3 is 9.47 Å². The molecule has 0 radical (unpaired) electrons. The molecular weight excluding hydrogens is 210 g/mol. The predicted molar refractivity (Wildman–Crippen MR) is 49.4 cm³/mol. The number of hydrogen-bond donors (Lipinski definition) is 0. The van der Waals surface area contributed by atoms with Crippen LogP contribution < -0.4 is 0 Å². The van der Waals surface area contributed by atoms with Crippen molar-refractivity contribution in [3.8, 4) is 0 Å². The quantitative estimate of drug-likeness (QED) is 0.520. The lowest BCUT2D eigenvalue weighted by atomic mass is 10.6. The van der Waals surface area contributed by atoms with E-state index < -0.39 is 25.5 Å². The fourth-order valence-electron chi connectivity index (χ4n) is 0.311. The Morgan fingerprint density at radius 2 is 1.53 bits per heavy atom. The molecule has 15 heavy (non-hydrogen) atoms. The first kappa shape index (κ1) is 15.7. The summed E-state index contributed by atoms with van der Waals surface area (Å²) in [7, 11) is 0. The lowest BCUT2D eigenvalue weighted by Crippen LogP contribution is -2.02. The summed E-state index contributed by atoms with van der Waals surface area (Å²) in [6.45, 7) is 4.26. The predicted octanol–water partition coefficient (Wildman–Crippen LogP) is 1.33. The zero-order valence-corrected chi connectivity index (χ0v) is 8.08. The molecule has 0 amide bonds. The SMILES string of the molecule is C=CC(=O)OCCF.C=CC(=O)OCF. The Balaban J connectivity index is 0. The van der Waals surface area contributed by atoms with Gasteiger partial charge in [0.25, 0.3) is 0 Å². The molecule has 6 heteroatoms. The Kier molecular flexibility index (Phi) is 12.9. The number of halogens is 2. The monoisotopic (exact) mass is 222 g/mol. The number of hydrogen-bond acceptors (Lipinski definition) is 4. The van der Waals surface area contributed by atoms with Crippen molar-refractivity contribution in [2.24, 2.45) is 0 Å². The zero-order chi connectivity index (χ0) is 12.1. The molecule has 0 aliphatic carbocycles. The first-order valence-corrected chi connectivity index (χ1v) is 3.82. The first-order chi connectivity index (χ1) is 7.12. The maximum atomic E-state index is 11.2. The summed E-state index contributed by atoms with van der Waals surface area (Å²) >= 11 is 0. The average Bonchev–Trinajstić information content (AvgIpc) is 2.26. The van der Waals surface area contributed by atoms with Crippen LogP contribution in [0.1, 0.15) is 0 Å². The summed E-state index contributed by atoms with van der Waals surface area (Å²) in [6.07, 6.45) is 1.90. The third kappa shape index (κ3) is 15.1. The zero-order valence-electron chi connectivity index (χ0n) is 8.08. The molecule has 0 unspecified atom stereocenters. The summed E-state index contributed by atoms with van der Waals surface area (Å²) in [5.41, 5.74) is 0. The van der Waals surface area contributed by atoms with Crippen LogP contribution in [0.25, 0.3) is 0 Å². The van der Waals surface area contributed by atoms with E-state index in [2.05, 4.69) is 22.6 Å². The number of carbonyl (C=O) groups is 2. The highest BCUT2D eigenvalue weighted by Gasteiger charge is 1.91. The van der Waals surface area contributed by atoms with Crippen LogP contribution in [0.3, 0.4) is 0 Å². The molecule has 0 atom stereocenters. The van der Waals surface area contributed by atoms with Gasteiger partial charge in [-0.15, -0.1) is 0 Å². The fourth-order valence-corrected chi connectivity index (χ4v) is 0.311. The van der Waals surface area contributed by atoms with E-state index in [-0.39, 0.29) is 6.61 Å². The Hall–Kier alpha value is -1.72. The van der Waals surface area contributed by atoms with E-state index >= 15 is 0 Å². The molecule has 0 saturated heterocycles. The van der Waals surface area contributed by atoms with Gasteiger partial charge in [-0.1, -0.05) is 13.2 Å². The molecule has 0 heterocycles. The highest BCUT2D eigenvalue weighted by atomic mass is 19.1. The topological polar surface area (TPSA) is 52.6 Å². The van der Waals surface area contributed by atoms with E-state index in [0.29, 0.717) is 0 Å². The second-order valence-electron chi connectivity index (χ2n) is 1.84. The normalized spacial score (nSPS) is 7.87. The van der Waals surface area contributed by atoms with Gasteiger partial charge in [0.05, 0.1) is 0 Å². The van der Waals surface area contributed by atoms with Gasteiger partial charge in [0.15, 0.2) is 0 Å². The second-order valence-corrected chi connectivity index (χ2v) is 1.84. The van der Waals surface area contributed by atoms with E-state index in [4.69, 9.17) is 0 Å². The Morgan fingerprint density at radius 1 is 1.07 bits per heavy atom. The number of carbonyl (C=O) groups excluding carboxylic acids is 2. The minimum atomic E-state index is -1.08. The van der Waals surface area contributed by atoms with Crippen LogP contribution in [0.4, 0.5) is 8.78 Å². The van der Waals surface area contributed by atoms with Crippen molar-refractivity contribution >= 4 is 11.9 Å². The molecule has 0 bridgehead atoms. The van der Waals surface area contributed by atoms with Gasteiger partial charge in [-0.25, -0.2) is 18.4 Å². The number of esters is 2. The lowest BCUT2D eigenvalue weighted by Gasteiger charge is -1.93. The molecule has 0 aromatic rings. The first-order valence-electron chi connectivity index (χ1n) is 3.82. The van der Waals surface area contributed by atoms with Crippen molar-refractivity contribution in [2.75, 3.05) is 20.1 Å². The highest BCUT2D eigenvalue weighted by Crippen LogP contribution is 1.78. The van der Waals surface area contributed by atoms with Gasteiger partial charge in [-0.3, -0.25) is 0 Å². The Morgan fingerprint density at radius 3 is 1.80 bits per heavy atom. The van der Waals surface area contributed by atoms with Crippen LogP contribution in [0.5, 0.6) is 0 Å². The third-order valence-corrected chi connectivity index (χ3v) is 0.852. The van der Waals surface area contributed by atoms with Gasteiger partial charge in [0.2, 0.25) is 6.86 Å². The summed E-state index contributed by atoms with van der Waals surface area (Å²) in [5, 5.41) is 0. The molecule has 0 aromatic heterocycles. The summed E-state index contributed by atoms with van der Waals surface area (Å²) < 4.78 is 30.1. The highest BCUT2D eigenvalue weighted by molar-refractivity contribution is 5.81. The number of rotatable bonds is 5. The van der Waals surface area contributed by atoms with Gasteiger partial charge in [0.1, 0.15) is 13.3 Å². The largest absolute Gasteiger partial charge is 0.460 e. The van der Waals surface area contributed by atoms with Crippen molar-refractivity contribution in [3.63, 3.8) is 0 Å². The van der Waals surface area contributed by atoms with Crippen LogP contribution in [0.15, 0.2) is 25.3 Å². The van der Waals surface area contributed by atoms with Crippen LogP contribution in [-0.2, 0) is 19.1 Å². The molecule has 0 spiro atoms. The molecule has 0 N–H and O–H groups in total. The van der Waals surface area contributed by atoms with Gasteiger partial charge >= 0.3 is 11.9 Å². The van der Waals surface area contributed by atoms with E-state index in [1.165, 1.54) is 0 Å². The maximum absolute atomic E-state index is 11.2. The molecule has 0 rings (SSSR count). The number of ether oxygens (including phenoxy) is 2. The Bertz CT molecular complexity index is 216. The van der Waals surface area contributed by atoms with E-state index in [1.54, 1.807) is 0 Å². The van der Waals surface area contributed by atoms with Crippen LogP contribution >= 0.6 is 0 Å². The van der Waals surface area contributed by atoms with Gasteiger partial charge in [0, 0.05) is 12.2 Å². The van der Waals surface area contributed by atoms with E-state index in [0.717, 1.165) is 12.2 Å². The lowest BCUT2D eigenvalue weighted by molar-refractivity contribution is -0.141. The van der Waals surface area contributed by atoms with Gasteiger partial charge in [-0.05, 0) is 0 Å². The van der Waals surface area contributed by atoms with Gasteiger partial charge in [-0.2, -0.15) is 0 Å². The molecule has 0 aliphatic rings. The second kappa shape index (κ2) is 12.3. The van der Waals surface area contributed by atoms with Crippen molar-refractivity contribution < 1.29 is 27.8 Å². The molecule has 0 aliphatic heterocycles. The molecule has 86 valence electrons. The minimum Gasteiger partial charge on any atom is -0.460 e. The van der Waals surface area contributed by atoms with Crippen molar-refractivity contribution in [3.05, 3.63) is 25.3 Å². The smallest absolute Gasteiger partial charge is 0.332 e. The molecule has 0 fully saturated rings. The summed E-state index contributed by atoms with van der Waals surface area (Å²) in [6, 6.07) is 0. The van der Waals surface area contributed by atoms with Crippen LogP contribution in [0.2, 0.25) is 0 Å². The molecule has 4 nitrogen and oxygen atoms in total. The molecular formula is C9H12F2O4. The molecule has 0 saturated carbocycles. The number of alkyl halides is 2. The third-order valence-electron chi connectivity index (χ3n) is 0.852. The van der Waals surface area contributed by atoms with Crippen molar-refractivity contribution in [2.45, 2.75) is 0 Å². The summed E-state index contributed by atoms with van der Waals surface area (Å²) in [4.78, 5) is 19.9. The standard InChI is InChI=1S/C5H7FO2.C4H5FO2/c1-2-5(7)8-4-3-6;1-2-4(6)7-3-5/h2H,1,3-4H2;2H,1,3H2. The van der Waals surface area contributed by atoms with Crippen LogP contribution in [-0.4, -0.2) is 32.1 Å². The summed E-state index contributed by atoms with van der Waals surface area (Å²) in [5.74, 6) is -1.31. The van der Waals surface area contributed by atoms with E-state index in [1.807, 2.05) is 0 Å². The van der Waals surface area contributed by atoms with Crippen molar-refractivity contribution in [1.29, 1.82) is 0 Å². The van der Waals surface area contributed by atoms with Crippen molar-refractivity contribution in [1.82, 2.24) is 0 Å². The fraction of sp³-hybridized carbons (Fsp3) is 0.333. The minimum absolute atomic E-state index is 0.176. The molecule has 0 aromatic carbocycles. The average molecular weight is 222 g/mol. The Labute approximate surface area is 86.2 Å².